The van der Waals surface area contributed by atoms with Crippen LogP contribution in [0.3, 0.4) is 0 Å². The molecule has 0 bridgehead atoms. The van der Waals surface area contributed by atoms with Crippen LogP contribution in [0.5, 0.6) is 0 Å². The Balaban J connectivity index is 1.46. The minimum atomic E-state index is -0.0730. The average Bonchev–Trinajstić information content (AvgIpc) is 2.74. The maximum absolute atomic E-state index is 12.8. The van der Waals surface area contributed by atoms with E-state index in [0.29, 0.717) is 5.56 Å². The smallest absolute Gasteiger partial charge is 0.256 e. The third kappa shape index (κ3) is 3.81. The maximum Gasteiger partial charge on any atom is 0.256 e. The summed E-state index contributed by atoms with van der Waals surface area (Å²) in [4.78, 5) is 17.6. The van der Waals surface area contributed by atoms with Crippen molar-refractivity contribution in [3.05, 3.63) is 72.3 Å². The molecule has 138 valence electrons. The molecule has 1 fully saturated rings. The molecule has 0 atom stereocenters. The summed E-state index contributed by atoms with van der Waals surface area (Å²) in [6, 6.07) is 22.0. The molecule has 1 saturated heterocycles. The molecule has 4 heteroatoms. The maximum atomic E-state index is 12.8. The van der Waals surface area contributed by atoms with E-state index in [1.165, 1.54) is 5.69 Å². The van der Waals surface area contributed by atoms with Crippen LogP contribution in [-0.4, -0.2) is 43.5 Å². The van der Waals surface area contributed by atoms with Gasteiger partial charge in [0.1, 0.15) is 0 Å². The normalized spacial score (nSPS) is 15.1. The van der Waals surface area contributed by atoms with E-state index < -0.39 is 0 Å². The monoisotopic (exact) mass is 359 g/mol. The molecule has 1 aliphatic heterocycles. The minimum absolute atomic E-state index is 0.0730. The summed E-state index contributed by atoms with van der Waals surface area (Å²) in [7, 11) is 0. The van der Waals surface area contributed by atoms with E-state index >= 15 is 0 Å². The second-order valence-corrected chi connectivity index (χ2v) is 6.95. The standard InChI is InChI=1S/C23H25N3O/c1-2-25-14-16-26(17-15-25)20-12-10-19(11-13-20)24-23(27)22-9-5-7-18-6-3-4-8-21(18)22/h3-13H,2,14-17H2,1H3,(H,24,27). The fourth-order valence-electron chi connectivity index (χ4n) is 3.70. The van der Waals surface area contributed by atoms with Crippen LogP contribution >= 0.6 is 0 Å². The average molecular weight is 359 g/mol. The lowest BCUT2D eigenvalue weighted by Gasteiger charge is -2.35. The zero-order valence-electron chi connectivity index (χ0n) is 15.7. The van der Waals surface area contributed by atoms with Crippen LogP contribution in [0.4, 0.5) is 11.4 Å². The number of piperazine rings is 1. The third-order valence-electron chi connectivity index (χ3n) is 5.34. The van der Waals surface area contributed by atoms with Crippen molar-refractivity contribution in [2.24, 2.45) is 0 Å². The van der Waals surface area contributed by atoms with Gasteiger partial charge < -0.3 is 15.1 Å². The first-order valence-corrected chi connectivity index (χ1v) is 9.61. The third-order valence-corrected chi connectivity index (χ3v) is 5.34. The van der Waals surface area contributed by atoms with Crippen molar-refractivity contribution >= 4 is 28.1 Å². The van der Waals surface area contributed by atoms with Gasteiger partial charge in [-0.25, -0.2) is 0 Å². The molecule has 3 aromatic rings. The van der Waals surface area contributed by atoms with E-state index in [0.717, 1.165) is 49.2 Å². The first kappa shape index (κ1) is 17.6. The summed E-state index contributed by atoms with van der Waals surface area (Å²) in [5.41, 5.74) is 2.74. The minimum Gasteiger partial charge on any atom is -0.369 e. The van der Waals surface area contributed by atoms with Crippen LogP contribution in [-0.2, 0) is 0 Å². The molecule has 1 heterocycles. The molecule has 1 amide bonds. The van der Waals surface area contributed by atoms with Crippen LogP contribution in [0, 0.1) is 0 Å². The molecule has 0 saturated carbocycles. The van der Waals surface area contributed by atoms with Gasteiger partial charge in [-0.05, 0) is 47.6 Å². The van der Waals surface area contributed by atoms with Gasteiger partial charge in [-0.1, -0.05) is 43.3 Å². The predicted molar refractivity (Wildman–Crippen MR) is 113 cm³/mol. The number of carbonyl (C=O) groups is 1. The number of amides is 1. The largest absolute Gasteiger partial charge is 0.369 e. The number of hydrogen-bond acceptors (Lipinski definition) is 3. The number of likely N-dealkylation sites (N-methyl/N-ethyl adjacent to an activating group) is 1. The SMILES string of the molecule is CCN1CCN(c2ccc(NC(=O)c3cccc4ccccc34)cc2)CC1. The van der Waals surface area contributed by atoms with Crippen LogP contribution in [0.15, 0.2) is 66.7 Å². The topological polar surface area (TPSA) is 35.6 Å². The zero-order chi connectivity index (χ0) is 18.6. The fourth-order valence-corrected chi connectivity index (χ4v) is 3.70. The van der Waals surface area contributed by atoms with Gasteiger partial charge in [0.15, 0.2) is 0 Å². The fraction of sp³-hybridized carbons (Fsp3) is 0.261. The number of carbonyl (C=O) groups excluding carboxylic acids is 1. The van der Waals surface area contributed by atoms with E-state index in [9.17, 15) is 4.79 Å². The molecular weight excluding hydrogens is 334 g/mol. The molecule has 0 spiro atoms. The number of nitrogens with zero attached hydrogens (tertiary/aromatic N) is 2. The molecule has 0 unspecified atom stereocenters. The number of hydrogen-bond donors (Lipinski definition) is 1. The van der Waals surface area contributed by atoms with Crippen molar-refractivity contribution in [1.82, 2.24) is 4.90 Å². The summed E-state index contributed by atoms with van der Waals surface area (Å²) in [5, 5.41) is 5.08. The van der Waals surface area contributed by atoms with Crippen molar-refractivity contribution in [2.45, 2.75) is 6.92 Å². The van der Waals surface area contributed by atoms with Gasteiger partial charge in [0.05, 0.1) is 0 Å². The van der Waals surface area contributed by atoms with Gasteiger partial charge in [-0.15, -0.1) is 0 Å². The number of fused-ring (bicyclic) bond motifs is 1. The molecule has 4 nitrogen and oxygen atoms in total. The van der Waals surface area contributed by atoms with Crippen molar-refractivity contribution in [1.29, 1.82) is 0 Å². The summed E-state index contributed by atoms with van der Waals surface area (Å²) in [6.45, 7) is 7.65. The number of benzene rings is 3. The Morgan fingerprint density at radius 3 is 2.33 bits per heavy atom. The van der Waals surface area contributed by atoms with Gasteiger partial charge in [0, 0.05) is 43.1 Å². The Morgan fingerprint density at radius 2 is 1.59 bits per heavy atom. The second kappa shape index (κ2) is 7.80. The number of nitrogens with one attached hydrogen (secondary N) is 1. The zero-order valence-corrected chi connectivity index (χ0v) is 15.7. The molecule has 3 aromatic carbocycles. The van der Waals surface area contributed by atoms with E-state index in [2.05, 4.69) is 34.2 Å². The van der Waals surface area contributed by atoms with Crippen molar-refractivity contribution in [2.75, 3.05) is 42.9 Å². The number of rotatable bonds is 4. The van der Waals surface area contributed by atoms with Gasteiger partial charge in [-0.3, -0.25) is 4.79 Å². The molecule has 1 N–H and O–H groups in total. The summed E-state index contributed by atoms with van der Waals surface area (Å²) in [5.74, 6) is -0.0730. The highest BCUT2D eigenvalue weighted by Gasteiger charge is 2.16. The van der Waals surface area contributed by atoms with Gasteiger partial charge >= 0.3 is 0 Å². The van der Waals surface area contributed by atoms with Crippen LogP contribution in [0.1, 0.15) is 17.3 Å². The Bertz CT molecular complexity index is 923. The Hall–Kier alpha value is -2.85. The van der Waals surface area contributed by atoms with Gasteiger partial charge in [-0.2, -0.15) is 0 Å². The van der Waals surface area contributed by atoms with E-state index in [1.54, 1.807) is 0 Å². The lowest BCUT2D eigenvalue weighted by atomic mass is 10.0. The molecule has 27 heavy (non-hydrogen) atoms. The first-order chi connectivity index (χ1) is 13.2. The predicted octanol–water partition coefficient (Wildman–Crippen LogP) is 4.23. The summed E-state index contributed by atoms with van der Waals surface area (Å²) in [6.07, 6.45) is 0. The van der Waals surface area contributed by atoms with Crippen LogP contribution in [0.2, 0.25) is 0 Å². The number of anilines is 2. The highest BCUT2D eigenvalue weighted by Crippen LogP contribution is 2.22. The van der Waals surface area contributed by atoms with E-state index in [1.807, 2.05) is 54.6 Å². The van der Waals surface area contributed by atoms with Crippen LogP contribution in [0.25, 0.3) is 10.8 Å². The lowest BCUT2D eigenvalue weighted by Crippen LogP contribution is -2.46. The summed E-state index contributed by atoms with van der Waals surface area (Å²) < 4.78 is 0. The van der Waals surface area contributed by atoms with Crippen LogP contribution < -0.4 is 10.2 Å². The van der Waals surface area contributed by atoms with E-state index in [4.69, 9.17) is 0 Å². The lowest BCUT2D eigenvalue weighted by molar-refractivity contribution is 0.102. The molecule has 0 aliphatic carbocycles. The molecule has 0 radical (unpaired) electrons. The Morgan fingerprint density at radius 1 is 0.889 bits per heavy atom. The van der Waals surface area contributed by atoms with Crippen molar-refractivity contribution in [3.8, 4) is 0 Å². The van der Waals surface area contributed by atoms with Crippen molar-refractivity contribution < 1.29 is 4.79 Å². The highest BCUT2D eigenvalue weighted by molar-refractivity contribution is 6.12. The molecule has 4 rings (SSSR count). The molecule has 1 aliphatic rings. The Labute approximate surface area is 160 Å². The molecular formula is C23H25N3O. The first-order valence-electron chi connectivity index (χ1n) is 9.61. The highest BCUT2D eigenvalue weighted by atomic mass is 16.1. The second-order valence-electron chi connectivity index (χ2n) is 6.95. The van der Waals surface area contributed by atoms with E-state index in [-0.39, 0.29) is 5.91 Å². The van der Waals surface area contributed by atoms with Gasteiger partial charge in [0.2, 0.25) is 0 Å². The summed E-state index contributed by atoms with van der Waals surface area (Å²) >= 11 is 0. The van der Waals surface area contributed by atoms with Crippen molar-refractivity contribution in [3.63, 3.8) is 0 Å². The van der Waals surface area contributed by atoms with Gasteiger partial charge in [0.25, 0.3) is 5.91 Å². The Kier molecular flexibility index (Phi) is 5.07. The quantitative estimate of drug-likeness (QED) is 0.757. The molecule has 0 aromatic heterocycles.